The van der Waals surface area contributed by atoms with Crippen LogP contribution in [-0.2, 0) is 6.18 Å². The molecule has 0 atom stereocenters. The highest BCUT2D eigenvalue weighted by molar-refractivity contribution is 7.13. The van der Waals surface area contributed by atoms with Gasteiger partial charge >= 0.3 is 6.18 Å². The molecule has 2 nitrogen and oxygen atoms in total. The molecule has 2 aromatic rings. The highest BCUT2D eigenvalue weighted by Crippen LogP contribution is 2.33. The Morgan fingerprint density at radius 1 is 1.12 bits per heavy atom. The molecule has 1 aromatic carbocycles. The van der Waals surface area contributed by atoms with Gasteiger partial charge in [0.1, 0.15) is 5.82 Å². The molecule has 2 N–H and O–H groups in total. The predicted molar refractivity (Wildman–Crippen MR) is 57.0 cm³/mol. The smallest absolute Gasteiger partial charge is 0.382 e. The summed E-state index contributed by atoms with van der Waals surface area (Å²) in [5.41, 5.74) is 7.11. The van der Waals surface area contributed by atoms with Gasteiger partial charge in [0, 0.05) is 0 Å². The molecular weight excluding hydrogens is 237 g/mol. The van der Waals surface area contributed by atoms with Crippen molar-refractivity contribution < 1.29 is 13.2 Å². The third-order valence-corrected chi connectivity index (χ3v) is 2.96. The minimum absolute atomic E-state index is 0.338. The van der Waals surface area contributed by atoms with Gasteiger partial charge in [-0.15, -0.1) is 11.3 Å². The van der Waals surface area contributed by atoms with Gasteiger partial charge in [-0.2, -0.15) is 13.2 Å². The summed E-state index contributed by atoms with van der Waals surface area (Å²) in [4.78, 5) is 4.53. The van der Waals surface area contributed by atoms with Crippen molar-refractivity contribution in [3.8, 4) is 10.4 Å². The van der Waals surface area contributed by atoms with Gasteiger partial charge in [0.25, 0.3) is 0 Å². The van der Waals surface area contributed by atoms with Gasteiger partial charge in [0.15, 0.2) is 0 Å². The first-order valence-electron chi connectivity index (χ1n) is 4.35. The number of halogens is 3. The number of nitrogen functional groups attached to an aromatic ring is 1. The maximum absolute atomic E-state index is 12.3. The number of aromatic nitrogens is 1. The molecule has 16 heavy (non-hydrogen) atoms. The summed E-state index contributed by atoms with van der Waals surface area (Å²) in [5, 5.41) is 0. The van der Waals surface area contributed by atoms with Gasteiger partial charge in [-0.3, -0.25) is 0 Å². The number of hydrogen-bond donors (Lipinski definition) is 1. The second kappa shape index (κ2) is 3.79. The van der Waals surface area contributed by atoms with Crippen molar-refractivity contribution in [2.75, 3.05) is 5.73 Å². The molecular formula is C10H7F3N2S. The maximum atomic E-state index is 12.3. The van der Waals surface area contributed by atoms with Crippen molar-refractivity contribution in [2.24, 2.45) is 0 Å². The average molecular weight is 244 g/mol. The molecule has 0 unspecified atom stereocenters. The molecule has 1 aromatic heterocycles. The fourth-order valence-corrected chi connectivity index (χ4v) is 2.00. The Morgan fingerprint density at radius 3 is 2.19 bits per heavy atom. The van der Waals surface area contributed by atoms with Crippen LogP contribution in [0.2, 0.25) is 0 Å². The Labute approximate surface area is 93.5 Å². The Morgan fingerprint density at radius 2 is 1.75 bits per heavy atom. The zero-order valence-electron chi connectivity index (χ0n) is 7.95. The SMILES string of the molecule is Nc1ncsc1-c1ccc(C(F)(F)F)cc1. The first-order valence-corrected chi connectivity index (χ1v) is 5.23. The van der Waals surface area contributed by atoms with Gasteiger partial charge in [-0.1, -0.05) is 12.1 Å². The van der Waals surface area contributed by atoms with Crippen LogP contribution in [0.4, 0.5) is 19.0 Å². The second-order valence-corrected chi connectivity index (χ2v) is 4.00. The van der Waals surface area contributed by atoms with E-state index in [1.165, 1.54) is 23.5 Å². The van der Waals surface area contributed by atoms with Crippen LogP contribution in [0.3, 0.4) is 0 Å². The van der Waals surface area contributed by atoms with E-state index in [1.54, 1.807) is 5.51 Å². The molecule has 6 heteroatoms. The van der Waals surface area contributed by atoms with Crippen molar-refractivity contribution in [1.82, 2.24) is 4.98 Å². The zero-order valence-corrected chi connectivity index (χ0v) is 8.77. The lowest BCUT2D eigenvalue weighted by atomic mass is 10.1. The van der Waals surface area contributed by atoms with Gasteiger partial charge in [0.05, 0.1) is 16.0 Å². The van der Waals surface area contributed by atoms with Crippen molar-refractivity contribution in [3.05, 3.63) is 35.3 Å². The Balaban J connectivity index is 2.37. The largest absolute Gasteiger partial charge is 0.416 e. The number of hydrogen-bond acceptors (Lipinski definition) is 3. The van der Waals surface area contributed by atoms with E-state index in [0.717, 1.165) is 12.1 Å². The molecule has 0 radical (unpaired) electrons. The summed E-state index contributed by atoms with van der Waals surface area (Å²) in [6.45, 7) is 0. The third-order valence-electron chi connectivity index (χ3n) is 2.07. The van der Waals surface area contributed by atoms with E-state index in [-0.39, 0.29) is 0 Å². The molecule has 0 saturated heterocycles. The molecule has 1 heterocycles. The normalized spacial score (nSPS) is 11.7. The number of thiazole rings is 1. The molecule has 0 aliphatic carbocycles. The maximum Gasteiger partial charge on any atom is 0.416 e. The van der Waals surface area contributed by atoms with Crippen molar-refractivity contribution in [2.45, 2.75) is 6.18 Å². The lowest BCUT2D eigenvalue weighted by Gasteiger charge is -2.06. The summed E-state index contributed by atoms with van der Waals surface area (Å²) in [6, 6.07) is 4.86. The van der Waals surface area contributed by atoms with Gasteiger partial charge in [-0.25, -0.2) is 4.98 Å². The summed E-state index contributed by atoms with van der Waals surface area (Å²) in [7, 11) is 0. The number of benzene rings is 1. The molecule has 0 fully saturated rings. The number of rotatable bonds is 1. The van der Waals surface area contributed by atoms with E-state index in [2.05, 4.69) is 4.98 Å². The fourth-order valence-electron chi connectivity index (χ4n) is 1.28. The first kappa shape index (κ1) is 10.9. The molecule has 0 amide bonds. The van der Waals surface area contributed by atoms with Crippen LogP contribution in [0, 0.1) is 0 Å². The Hall–Kier alpha value is -1.56. The second-order valence-electron chi connectivity index (χ2n) is 3.14. The number of anilines is 1. The topological polar surface area (TPSA) is 38.9 Å². The summed E-state index contributed by atoms with van der Waals surface area (Å²) < 4.78 is 36.9. The molecule has 84 valence electrons. The minimum Gasteiger partial charge on any atom is -0.382 e. The Kier molecular flexibility index (Phi) is 2.59. The van der Waals surface area contributed by atoms with E-state index < -0.39 is 11.7 Å². The highest BCUT2D eigenvalue weighted by atomic mass is 32.1. The molecule has 0 spiro atoms. The van der Waals surface area contributed by atoms with Crippen LogP contribution in [-0.4, -0.2) is 4.98 Å². The van der Waals surface area contributed by atoms with Crippen LogP contribution in [0.5, 0.6) is 0 Å². The highest BCUT2D eigenvalue weighted by Gasteiger charge is 2.30. The molecule has 0 bridgehead atoms. The van der Waals surface area contributed by atoms with Crippen LogP contribution < -0.4 is 5.73 Å². The van der Waals surface area contributed by atoms with Gasteiger partial charge < -0.3 is 5.73 Å². The van der Waals surface area contributed by atoms with E-state index in [4.69, 9.17) is 5.73 Å². The summed E-state index contributed by atoms with van der Waals surface area (Å²) >= 11 is 1.30. The van der Waals surface area contributed by atoms with E-state index in [9.17, 15) is 13.2 Å². The lowest BCUT2D eigenvalue weighted by molar-refractivity contribution is -0.137. The first-order chi connectivity index (χ1) is 7.48. The zero-order chi connectivity index (χ0) is 11.8. The summed E-state index contributed by atoms with van der Waals surface area (Å²) in [5.74, 6) is 0.338. The molecule has 0 aliphatic rings. The van der Waals surface area contributed by atoms with E-state index in [0.29, 0.717) is 16.3 Å². The lowest BCUT2D eigenvalue weighted by Crippen LogP contribution is -2.03. The predicted octanol–water partition coefficient (Wildman–Crippen LogP) is 3.41. The number of alkyl halides is 3. The monoisotopic (exact) mass is 244 g/mol. The van der Waals surface area contributed by atoms with Gasteiger partial charge in [-0.05, 0) is 17.7 Å². The van der Waals surface area contributed by atoms with Gasteiger partial charge in [0.2, 0.25) is 0 Å². The van der Waals surface area contributed by atoms with Crippen LogP contribution in [0.25, 0.3) is 10.4 Å². The number of nitrogens with two attached hydrogens (primary N) is 1. The van der Waals surface area contributed by atoms with Crippen LogP contribution >= 0.6 is 11.3 Å². The van der Waals surface area contributed by atoms with Crippen molar-refractivity contribution >= 4 is 17.2 Å². The van der Waals surface area contributed by atoms with E-state index >= 15 is 0 Å². The van der Waals surface area contributed by atoms with Crippen LogP contribution in [0.15, 0.2) is 29.8 Å². The standard InChI is InChI=1S/C10H7F3N2S/c11-10(12,13)7-3-1-6(2-4-7)8-9(14)15-5-16-8/h1-5H,14H2. The molecule has 0 aliphatic heterocycles. The quantitative estimate of drug-likeness (QED) is 0.834. The Bertz CT molecular complexity index is 488. The number of nitrogens with zero attached hydrogens (tertiary/aromatic N) is 1. The van der Waals surface area contributed by atoms with Crippen molar-refractivity contribution in [3.63, 3.8) is 0 Å². The van der Waals surface area contributed by atoms with E-state index in [1.807, 2.05) is 0 Å². The third kappa shape index (κ3) is 2.01. The van der Waals surface area contributed by atoms with Crippen LogP contribution in [0.1, 0.15) is 5.56 Å². The minimum atomic E-state index is -4.31. The fraction of sp³-hybridized carbons (Fsp3) is 0.100. The van der Waals surface area contributed by atoms with Crippen molar-refractivity contribution in [1.29, 1.82) is 0 Å². The molecule has 0 saturated carbocycles. The average Bonchev–Trinajstić information content (AvgIpc) is 2.63. The molecule has 2 rings (SSSR count). The summed E-state index contributed by atoms with van der Waals surface area (Å²) in [6.07, 6.45) is -4.31.